The molecule has 2 N–H and O–H groups in total. The fourth-order valence-electron chi connectivity index (χ4n) is 3.20. The highest BCUT2D eigenvalue weighted by Crippen LogP contribution is 2.20. The summed E-state index contributed by atoms with van der Waals surface area (Å²) in [6.07, 6.45) is 2.16. The molecule has 0 spiro atoms. The molecule has 0 amide bonds. The molecule has 9 heteroatoms. The quantitative estimate of drug-likeness (QED) is 0.519. The Hall–Kier alpha value is -3.33. The van der Waals surface area contributed by atoms with Gasteiger partial charge in [0.05, 0.1) is 20.3 Å². The highest BCUT2D eigenvalue weighted by molar-refractivity contribution is 5.74. The number of hydrogen-bond donors (Lipinski definition) is 2. The van der Waals surface area contributed by atoms with E-state index in [0.29, 0.717) is 30.2 Å². The Labute approximate surface area is 167 Å². The first-order chi connectivity index (χ1) is 14.0. The maximum atomic E-state index is 13.2. The third kappa shape index (κ3) is 3.95. The standard InChI is InChI=1S/C20H25N5O4/c1-4-5-10-24-18(27)16-17(23(2)20(24)28)22-19(21-9-11-26)25(16)13-14-7-6-8-15(12-14)29-3/h4,6-8,12,26H,1,5,9-11,13H2,2-3H3,(H,21,22). The average Bonchev–Trinajstić information content (AvgIpc) is 3.09. The molecule has 0 saturated heterocycles. The van der Waals surface area contributed by atoms with Crippen molar-refractivity contribution in [1.29, 1.82) is 0 Å². The van der Waals surface area contributed by atoms with E-state index in [0.717, 1.165) is 5.56 Å². The van der Waals surface area contributed by atoms with E-state index >= 15 is 0 Å². The lowest BCUT2D eigenvalue weighted by Crippen LogP contribution is -2.39. The number of hydrogen-bond acceptors (Lipinski definition) is 6. The molecule has 2 heterocycles. The largest absolute Gasteiger partial charge is 0.497 e. The average molecular weight is 399 g/mol. The van der Waals surface area contributed by atoms with E-state index < -0.39 is 11.2 Å². The first kappa shape index (κ1) is 20.4. The number of aromatic nitrogens is 4. The van der Waals surface area contributed by atoms with Crippen molar-refractivity contribution in [1.82, 2.24) is 18.7 Å². The zero-order valence-corrected chi connectivity index (χ0v) is 16.6. The van der Waals surface area contributed by atoms with Crippen LogP contribution >= 0.6 is 0 Å². The van der Waals surface area contributed by atoms with Gasteiger partial charge in [-0.3, -0.25) is 18.5 Å². The van der Waals surface area contributed by atoms with Gasteiger partial charge in [0.1, 0.15) is 5.75 Å². The van der Waals surface area contributed by atoms with Gasteiger partial charge in [-0.15, -0.1) is 6.58 Å². The molecule has 0 saturated carbocycles. The van der Waals surface area contributed by atoms with Gasteiger partial charge in [-0.1, -0.05) is 18.2 Å². The second-order valence-corrected chi connectivity index (χ2v) is 6.57. The zero-order valence-electron chi connectivity index (χ0n) is 16.6. The topological polar surface area (TPSA) is 103 Å². The van der Waals surface area contributed by atoms with Crippen LogP contribution in [0.25, 0.3) is 11.2 Å². The van der Waals surface area contributed by atoms with Gasteiger partial charge in [-0.05, 0) is 24.1 Å². The van der Waals surface area contributed by atoms with Crippen LogP contribution in [0, 0.1) is 0 Å². The Morgan fingerprint density at radius 2 is 2.10 bits per heavy atom. The Bertz CT molecular complexity index is 1140. The molecule has 2 aromatic heterocycles. The number of rotatable bonds is 9. The Morgan fingerprint density at radius 3 is 2.79 bits per heavy atom. The predicted molar refractivity (Wildman–Crippen MR) is 112 cm³/mol. The molecule has 154 valence electrons. The first-order valence-corrected chi connectivity index (χ1v) is 9.30. The van der Waals surface area contributed by atoms with E-state index in [1.165, 1.54) is 9.13 Å². The number of anilines is 1. The van der Waals surface area contributed by atoms with E-state index in [-0.39, 0.29) is 25.3 Å². The van der Waals surface area contributed by atoms with Gasteiger partial charge in [0, 0.05) is 20.1 Å². The summed E-state index contributed by atoms with van der Waals surface area (Å²) < 4.78 is 9.58. The highest BCUT2D eigenvalue weighted by Gasteiger charge is 2.20. The third-order valence-electron chi connectivity index (χ3n) is 4.66. The maximum Gasteiger partial charge on any atom is 0.332 e. The molecule has 0 aliphatic heterocycles. The number of ether oxygens (including phenoxy) is 1. The number of nitrogens with one attached hydrogen (secondary N) is 1. The molecule has 0 aliphatic rings. The van der Waals surface area contributed by atoms with Crippen LogP contribution in [0.4, 0.5) is 5.95 Å². The third-order valence-corrected chi connectivity index (χ3v) is 4.66. The van der Waals surface area contributed by atoms with Crippen molar-refractivity contribution < 1.29 is 9.84 Å². The summed E-state index contributed by atoms with van der Waals surface area (Å²) >= 11 is 0. The van der Waals surface area contributed by atoms with Crippen LogP contribution in [-0.4, -0.2) is 44.1 Å². The number of methoxy groups -OCH3 is 1. The van der Waals surface area contributed by atoms with Crippen molar-refractivity contribution in [2.75, 3.05) is 25.6 Å². The van der Waals surface area contributed by atoms with Crippen molar-refractivity contribution in [3.05, 3.63) is 63.3 Å². The monoisotopic (exact) mass is 399 g/mol. The highest BCUT2D eigenvalue weighted by atomic mass is 16.5. The van der Waals surface area contributed by atoms with Crippen LogP contribution < -0.4 is 21.3 Å². The van der Waals surface area contributed by atoms with Gasteiger partial charge in [-0.25, -0.2) is 4.79 Å². The van der Waals surface area contributed by atoms with E-state index in [1.807, 2.05) is 24.3 Å². The molecule has 0 radical (unpaired) electrons. The molecule has 9 nitrogen and oxygen atoms in total. The van der Waals surface area contributed by atoms with Crippen LogP contribution in [0.2, 0.25) is 0 Å². The van der Waals surface area contributed by atoms with Gasteiger partial charge in [-0.2, -0.15) is 4.98 Å². The Kier molecular flexibility index (Phi) is 6.18. The minimum Gasteiger partial charge on any atom is -0.497 e. The number of nitrogens with zero attached hydrogens (tertiary/aromatic N) is 4. The van der Waals surface area contributed by atoms with Crippen molar-refractivity contribution >= 4 is 17.1 Å². The molecule has 3 aromatic rings. The van der Waals surface area contributed by atoms with E-state index in [2.05, 4.69) is 16.9 Å². The predicted octanol–water partition coefficient (Wildman–Crippen LogP) is 0.934. The minimum atomic E-state index is -0.427. The molecule has 29 heavy (non-hydrogen) atoms. The summed E-state index contributed by atoms with van der Waals surface area (Å²) in [5.41, 5.74) is 0.681. The van der Waals surface area contributed by atoms with E-state index in [1.54, 1.807) is 24.8 Å². The van der Waals surface area contributed by atoms with Crippen molar-refractivity contribution in [2.24, 2.45) is 7.05 Å². The molecule has 0 fully saturated rings. The summed E-state index contributed by atoms with van der Waals surface area (Å²) in [4.78, 5) is 30.3. The number of fused-ring (bicyclic) bond motifs is 1. The second kappa shape index (κ2) is 8.78. The van der Waals surface area contributed by atoms with Crippen molar-refractivity contribution in [3.63, 3.8) is 0 Å². The fourth-order valence-corrected chi connectivity index (χ4v) is 3.20. The molecule has 1 aromatic carbocycles. The summed E-state index contributed by atoms with van der Waals surface area (Å²) in [5.74, 6) is 1.11. The molecule has 0 aliphatic carbocycles. The van der Waals surface area contributed by atoms with Crippen LogP contribution in [0.15, 0.2) is 46.5 Å². The summed E-state index contributed by atoms with van der Waals surface area (Å²) in [6.45, 7) is 4.42. The summed E-state index contributed by atoms with van der Waals surface area (Å²) in [6, 6.07) is 7.50. The molecule has 0 bridgehead atoms. The summed E-state index contributed by atoms with van der Waals surface area (Å²) in [7, 11) is 3.18. The van der Waals surface area contributed by atoms with Gasteiger partial charge in [0.2, 0.25) is 5.95 Å². The smallest absolute Gasteiger partial charge is 0.332 e. The fraction of sp³-hybridized carbons (Fsp3) is 0.350. The minimum absolute atomic E-state index is 0.0924. The molecular weight excluding hydrogens is 374 g/mol. The molecule has 3 rings (SSSR count). The Balaban J connectivity index is 2.23. The van der Waals surface area contributed by atoms with Gasteiger partial charge >= 0.3 is 5.69 Å². The lowest BCUT2D eigenvalue weighted by atomic mass is 10.2. The first-order valence-electron chi connectivity index (χ1n) is 9.30. The van der Waals surface area contributed by atoms with E-state index in [9.17, 15) is 14.7 Å². The molecular formula is C20H25N5O4. The molecule has 0 unspecified atom stereocenters. The van der Waals surface area contributed by atoms with Gasteiger partial charge < -0.3 is 15.2 Å². The number of aryl methyl sites for hydroxylation is 1. The van der Waals surface area contributed by atoms with Gasteiger partial charge in [0.15, 0.2) is 11.2 Å². The number of benzene rings is 1. The lowest BCUT2D eigenvalue weighted by Gasteiger charge is -2.12. The number of imidazole rings is 1. The van der Waals surface area contributed by atoms with Crippen LogP contribution in [0.5, 0.6) is 5.75 Å². The SMILES string of the molecule is C=CCCn1c(=O)c2c(nc(NCCO)n2Cc2cccc(OC)c2)n(C)c1=O. The van der Waals surface area contributed by atoms with Crippen molar-refractivity contribution in [2.45, 2.75) is 19.5 Å². The number of allylic oxidation sites excluding steroid dienone is 1. The van der Waals surface area contributed by atoms with Crippen LogP contribution in [0.1, 0.15) is 12.0 Å². The van der Waals surface area contributed by atoms with Crippen LogP contribution in [-0.2, 0) is 20.1 Å². The van der Waals surface area contributed by atoms with E-state index in [4.69, 9.17) is 4.74 Å². The Morgan fingerprint density at radius 1 is 1.31 bits per heavy atom. The number of aliphatic hydroxyl groups excluding tert-OH is 1. The zero-order chi connectivity index (χ0) is 21.0. The van der Waals surface area contributed by atoms with Gasteiger partial charge in [0.25, 0.3) is 5.56 Å². The maximum absolute atomic E-state index is 13.2. The normalized spacial score (nSPS) is 11.0. The van der Waals surface area contributed by atoms with Crippen molar-refractivity contribution in [3.8, 4) is 5.75 Å². The number of aliphatic hydroxyl groups is 1. The second-order valence-electron chi connectivity index (χ2n) is 6.57. The summed E-state index contributed by atoms with van der Waals surface area (Å²) in [5, 5.41) is 12.2. The van der Waals surface area contributed by atoms with Crippen LogP contribution in [0.3, 0.4) is 0 Å². The lowest BCUT2D eigenvalue weighted by molar-refractivity contribution is 0.310. The molecule has 0 atom stereocenters.